The van der Waals surface area contributed by atoms with Crippen molar-refractivity contribution >= 4 is 74.1 Å². The van der Waals surface area contributed by atoms with Crippen LogP contribution in [0.1, 0.15) is 78.2 Å². The second-order valence-electron chi connectivity index (χ2n) is 14.7. The van der Waals surface area contributed by atoms with Gasteiger partial charge in [-0.2, -0.15) is 0 Å². The van der Waals surface area contributed by atoms with Gasteiger partial charge in [0.15, 0.2) is 6.29 Å². The fourth-order valence-electron chi connectivity index (χ4n) is 8.84. The summed E-state index contributed by atoms with van der Waals surface area (Å²) in [6.45, 7) is 0. The number of esters is 1. The second-order valence-corrected chi connectivity index (χ2v) is 19.4. The predicted octanol–water partition coefficient (Wildman–Crippen LogP) is 7.58. The third kappa shape index (κ3) is 13.2. The standard InChI is InChI=1S/C18H30BO4P3.C18H28BO4P3.2H2/c2*20-18-10-15-14(17(22-19(24)25)11-16(15)21-18)9-8-13(23-26)7-6-12-4-2-1-3-5-12;;/h1-5,13-18,20H,6-11,24-26H2;1-5,13-17H,6-11,24-26H2;2*1H/t13-,14+,15+,16-,17+,18?;13-,14+,15+,16-,17+;;/m00../s1/i;;2*1+2. The third-order valence-electron chi connectivity index (χ3n) is 11.3. The van der Waals surface area contributed by atoms with Crippen LogP contribution < -0.4 is 0 Å². The number of aryl methyl sites for hydroxylation is 2. The summed E-state index contributed by atoms with van der Waals surface area (Å²) in [6, 6.07) is 21.1. The lowest BCUT2D eigenvalue weighted by Gasteiger charge is -2.27. The van der Waals surface area contributed by atoms with Crippen LogP contribution in [0.4, 0.5) is 0 Å². The number of benzene rings is 2. The Bertz CT molecular complexity index is 1350. The predicted molar refractivity (Wildman–Crippen MR) is 235 cm³/mol. The van der Waals surface area contributed by atoms with E-state index in [4.69, 9.17) is 27.8 Å². The molecule has 6 rings (SSSR count). The highest BCUT2D eigenvalue weighted by Gasteiger charge is 2.51. The van der Waals surface area contributed by atoms with E-state index in [1.54, 1.807) is 0 Å². The van der Waals surface area contributed by atoms with Gasteiger partial charge in [0, 0.05) is 52.8 Å². The van der Waals surface area contributed by atoms with E-state index in [-0.39, 0.29) is 58.2 Å². The van der Waals surface area contributed by atoms with Crippen molar-refractivity contribution in [1.29, 1.82) is 0 Å². The van der Waals surface area contributed by atoms with Crippen molar-refractivity contribution in [1.82, 2.24) is 0 Å². The van der Waals surface area contributed by atoms with E-state index in [9.17, 15) is 9.90 Å². The van der Waals surface area contributed by atoms with Crippen LogP contribution in [0.15, 0.2) is 60.7 Å². The van der Waals surface area contributed by atoms with E-state index >= 15 is 0 Å². The molecule has 290 valence electrons. The number of aliphatic hydroxyl groups excluding tert-OH is 1. The molecule has 8 nitrogen and oxygen atoms in total. The van der Waals surface area contributed by atoms with Gasteiger partial charge in [-0.05, 0) is 86.7 Å². The van der Waals surface area contributed by atoms with Crippen molar-refractivity contribution in [2.24, 2.45) is 23.7 Å². The van der Waals surface area contributed by atoms with Crippen LogP contribution in [-0.4, -0.2) is 66.7 Å². The molecule has 0 spiro atoms. The van der Waals surface area contributed by atoms with Crippen LogP contribution in [-0.2, 0) is 45.5 Å². The van der Waals surface area contributed by atoms with Gasteiger partial charge in [-0.1, -0.05) is 60.7 Å². The Morgan fingerprint density at radius 2 is 1.19 bits per heavy atom. The highest BCUT2D eigenvalue weighted by molar-refractivity contribution is 7.92. The van der Waals surface area contributed by atoms with Crippen LogP contribution in [0.2, 0.25) is 0 Å². The SMILES string of the molecule is O=C1C[C@@H]2[C@@H](CC[C@H](CCc3ccccc3)OP)[C@H](OB(P)P)C[C@@H]2O1.OC1C[C@@H]2[C@@H](CC[C@H](CCc3ccccc3)OP)[C@H](OB(P)P)C[C@@H]2O1.[3HH].[3HH]. The number of ether oxygens (including phenoxy) is 2. The van der Waals surface area contributed by atoms with Gasteiger partial charge in [-0.3, -0.25) is 4.79 Å². The summed E-state index contributed by atoms with van der Waals surface area (Å²) in [5.74, 6) is 1.40. The Hall–Kier alpha value is 0.380. The lowest BCUT2D eigenvalue weighted by atomic mass is 9.86. The fraction of sp³-hybridized carbons (Fsp3) is 0.639. The van der Waals surface area contributed by atoms with E-state index in [1.807, 2.05) is 12.1 Å². The summed E-state index contributed by atoms with van der Waals surface area (Å²) in [6.07, 6.45) is 11.4. The zero-order valence-electron chi connectivity index (χ0n) is 30.0. The molecule has 2 heterocycles. The Balaban J connectivity index is 0.000000280. The molecule has 2 saturated heterocycles. The van der Waals surface area contributed by atoms with Crippen molar-refractivity contribution in [3.8, 4) is 0 Å². The average molecular weight is 834 g/mol. The molecule has 0 radical (unpaired) electrons. The molecular formula is C36H62B2O8P6. The number of fused-ring (bicyclic) bond motifs is 2. The molecule has 2 aliphatic heterocycles. The summed E-state index contributed by atoms with van der Waals surface area (Å²) in [4.78, 5) is 11.7. The molecule has 16 heteroatoms. The maximum Gasteiger partial charge on any atom is 0.336 e. The van der Waals surface area contributed by atoms with E-state index in [0.29, 0.717) is 30.1 Å². The molecule has 0 aromatic heterocycles. The number of aliphatic hydroxyl groups is 1. The number of hydrogen-bond donors (Lipinski definition) is 1. The molecule has 2 aromatic rings. The van der Waals surface area contributed by atoms with Gasteiger partial charge in [0.2, 0.25) is 0 Å². The van der Waals surface area contributed by atoms with Gasteiger partial charge in [-0.25, -0.2) is 0 Å². The van der Waals surface area contributed by atoms with Crippen molar-refractivity contribution in [3.63, 3.8) is 0 Å². The second kappa shape index (κ2) is 22.4. The van der Waals surface area contributed by atoms with Crippen LogP contribution >= 0.6 is 55.4 Å². The van der Waals surface area contributed by atoms with Gasteiger partial charge in [0.1, 0.15) is 6.10 Å². The van der Waals surface area contributed by atoms with Crippen molar-refractivity contribution in [3.05, 3.63) is 71.8 Å². The molecule has 2 saturated carbocycles. The molecule has 7 unspecified atom stereocenters. The molecule has 17 atom stereocenters. The monoisotopic (exact) mass is 834 g/mol. The first-order chi connectivity index (χ1) is 25.1. The Morgan fingerprint density at radius 3 is 1.67 bits per heavy atom. The Kier molecular flexibility index (Phi) is 18.7. The van der Waals surface area contributed by atoms with Crippen LogP contribution in [0.25, 0.3) is 0 Å². The molecule has 4 aliphatic rings. The van der Waals surface area contributed by atoms with Crippen molar-refractivity contribution in [2.45, 2.75) is 120 Å². The molecule has 0 bridgehead atoms. The maximum atomic E-state index is 11.7. The van der Waals surface area contributed by atoms with Gasteiger partial charge < -0.3 is 32.9 Å². The maximum absolute atomic E-state index is 11.7. The molecule has 4 fully saturated rings. The molecular weight excluding hydrogens is 768 g/mol. The number of carbonyl (C=O) groups excluding carboxylic acids is 1. The lowest BCUT2D eigenvalue weighted by Crippen LogP contribution is -2.27. The van der Waals surface area contributed by atoms with Crippen molar-refractivity contribution < 1.29 is 40.6 Å². The van der Waals surface area contributed by atoms with Gasteiger partial charge >= 0.3 is 18.7 Å². The third-order valence-corrected chi connectivity index (χ3v) is 12.7. The average Bonchev–Trinajstić information content (AvgIpc) is 3.84. The minimum Gasteiger partial charge on any atom is -0.462 e. The van der Waals surface area contributed by atoms with Crippen LogP contribution in [0.3, 0.4) is 0 Å². The number of carbonyl (C=O) groups is 1. The van der Waals surface area contributed by atoms with E-state index in [1.165, 1.54) is 11.1 Å². The number of rotatable bonds is 18. The first-order valence-corrected chi connectivity index (χ1v) is 22.4. The van der Waals surface area contributed by atoms with E-state index < -0.39 is 6.29 Å². The van der Waals surface area contributed by atoms with E-state index in [2.05, 4.69) is 104 Å². The normalized spacial score (nSPS) is 30.2. The minimum absolute atomic E-state index is 0. The smallest absolute Gasteiger partial charge is 0.336 e. The minimum atomic E-state index is -0.608. The quantitative estimate of drug-likeness (QED) is 0.0935. The van der Waals surface area contributed by atoms with E-state index in [0.717, 1.165) is 70.6 Å². The molecule has 52 heavy (non-hydrogen) atoms. The Morgan fingerprint density at radius 1 is 0.712 bits per heavy atom. The molecule has 2 aromatic carbocycles. The zero-order chi connectivity index (χ0) is 37.0. The largest absolute Gasteiger partial charge is 0.462 e. The van der Waals surface area contributed by atoms with Gasteiger partial charge in [0.25, 0.3) is 0 Å². The first-order valence-electron chi connectivity index (χ1n) is 18.8. The van der Waals surface area contributed by atoms with Crippen LogP contribution in [0, 0.1) is 23.7 Å². The molecule has 0 amide bonds. The zero-order valence-corrected chi connectivity index (χ0v) is 37.0. The van der Waals surface area contributed by atoms with Gasteiger partial charge in [-0.15, -0.1) is 36.5 Å². The van der Waals surface area contributed by atoms with Crippen LogP contribution in [0.5, 0.6) is 0 Å². The lowest BCUT2D eigenvalue weighted by molar-refractivity contribution is -0.141. The highest BCUT2D eigenvalue weighted by Crippen LogP contribution is 2.47. The summed E-state index contributed by atoms with van der Waals surface area (Å²) in [7, 11) is 15.6. The summed E-state index contributed by atoms with van der Waals surface area (Å²) in [5, 5.41) is 9.86. The topological polar surface area (TPSA) is 92.7 Å². The van der Waals surface area contributed by atoms with Crippen molar-refractivity contribution in [2.75, 3.05) is 0 Å². The molecule has 1 N–H and O–H groups in total. The summed E-state index contributed by atoms with van der Waals surface area (Å²) in [5.41, 5.74) is 2.69. The highest BCUT2D eigenvalue weighted by atomic mass is 31.1. The Labute approximate surface area is 329 Å². The molecule has 2 aliphatic carbocycles. The first kappa shape index (κ1) is 43.5. The van der Waals surface area contributed by atoms with Gasteiger partial charge in [0.05, 0.1) is 24.7 Å². The summed E-state index contributed by atoms with van der Waals surface area (Å²) >= 11 is 0. The number of hydrogen-bond acceptors (Lipinski definition) is 8. The summed E-state index contributed by atoms with van der Waals surface area (Å²) < 4.78 is 34.7. The fourth-order valence-corrected chi connectivity index (χ4v) is 10.2.